The van der Waals surface area contributed by atoms with Gasteiger partial charge in [-0.2, -0.15) is 0 Å². The van der Waals surface area contributed by atoms with Gasteiger partial charge in [0, 0.05) is 0 Å². The van der Waals surface area contributed by atoms with Gasteiger partial charge in [-0.05, 0) is 19.9 Å². The van der Waals surface area contributed by atoms with Crippen LogP contribution in [-0.2, 0) is 0 Å². The number of nitrogens with one attached hydrogen (secondary N) is 1. The van der Waals surface area contributed by atoms with E-state index in [1.54, 1.807) is 19.9 Å². The maximum Gasteiger partial charge on any atom is 0.0862 e. The molecule has 2 N–H and O–H groups in total. The molecule has 0 saturated carbocycles. The van der Waals surface area contributed by atoms with E-state index in [0.717, 1.165) is 4.85 Å². The summed E-state index contributed by atoms with van der Waals surface area (Å²) in [7, 11) is 0. The molecule has 54 valence electrons. The van der Waals surface area contributed by atoms with Crippen LogP contribution in [0.5, 0.6) is 0 Å². The van der Waals surface area contributed by atoms with Crippen molar-refractivity contribution >= 4 is 0 Å². The first-order chi connectivity index (χ1) is 4.61. The van der Waals surface area contributed by atoms with Crippen LogP contribution in [0, 0.1) is 19.3 Å². The second-order valence-electron chi connectivity index (χ2n) is 2.17. The van der Waals surface area contributed by atoms with Gasteiger partial charge in [-0.25, -0.2) is 0 Å². The minimum atomic E-state index is 0.350. The van der Waals surface area contributed by atoms with Gasteiger partial charge in [-0.1, -0.05) is 0 Å². The molecule has 0 aliphatic carbocycles. The molecule has 0 saturated heterocycles. The van der Waals surface area contributed by atoms with E-state index in [2.05, 4.69) is 5.10 Å². The quantitative estimate of drug-likeness (QED) is 0.505. The average molecular weight is 139 g/mol. The van der Waals surface area contributed by atoms with Crippen molar-refractivity contribution in [2.24, 2.45) is 0 Å². The van der Waals surface area contributed by atoms with Gasteiger partial charge in [0.25, 0.3) is 0 Å². The Morgan fingerprint density at radius 1 is 1.60 bits per heavy atom. The Labute approximate surface area is 58.2 Å². The maximum absolute atomic E-state index is 8.95. The zero-order chi connectivity index (χ0) is 7.72. The van der Waals surface area contributed by atoms with Crippen LogP contribution < -0.4 is 5.36 Å². The highest BCUT2D eigenvalue weighted by Gasteiger charge is 1.94. The largest absolute Gasteiger partial charge is 0.411 e. The molecule has 0 amide bonds. The molecule has 4 nitrogen and oxygen atoms in total. The zero-order valence-electron chi connectivity index (χ0n) is 5.92. The molecule has 10 heavy (non-hydrogen) atoms. The Balaban J connectivity index is 3.43. The summed E-state index contributed by atoms with van der Waals surface area (Å²) in [4.78, 5) is 0.771. The first kappa shape index (κ1) is 6.80. The Morgan fingerprint density at radius 3 is 2.70 bits per heavy atom. The fourth-order valence-corrected chi connectivity index (χ4v) is 0.646. The molecule has 0 spiro atoms. The Morgan fingerprint density at radius 2 is 2.20 bits per heavy atom. The third-order valence-corrected chi connectivity index (χ3v) is 1.30. The lowest BCUT2D eigenvalue weighted by Crippen LogP contribution is -2.15. The lowest BCUT2D eigenvalue weighted by atomic mass is 10.3. The topological polar surface area (TPSA) is 61.9 Å². The van der Waals surface area contributed by atoms with Crippen LogP contribution in [0.2, 0.25) is 0 Å². The van der Waals surface area contributed by atoms with Crippen molar-refractivity contribution in [3.8, 4) is 0 Å². The summed E-state index contributed by atoms with van der Waals surface area (Å²) in [5.41, 5.74) is 1.09. The molecule has 0 aliphatic rings. The third kappa shape index (κ3) is 1.00. The molecule has 1 heterocycles. The highest BCUT2D eigenvalue weighted by molar-refractivity contribution is 5.02. The van der Waals surface area contributed by atoms with Crippen molar-refractivity contribution in [1.82, 2.24) is 9.94 Å². The van der Waals surface area contributed by atoms with Crippen LogP contribution in [0.3, 0.4) is 0 Å². The van der Waals surface area contributed by atoms with E-state index in [1.165, 1.54) is 0 Å². The van der Waals surface area contributed by atoms with Crippen molar-refractivity contribution in [1.29, 1.82) is 5.41 Å². The number of nitrogens with zero attached hydrogens (tertiary/aromatic N) is 2. The summed E-state index contributed by atoms with van der Waals surface area (Å²) in [5, 5.41) is 20.2. The Hall–Kier alpha value is -1.32. The van der Waals surface area contributed by atoms with Gasteiger partial charge in [0.1, 0.15) is 0 Å². The Kier molecular flexibility index (Phi) is 1.45. The maximum atomic E-state index is 8.95. The second-order valence-corrected chi connectivity index (χ2v) is 2.17. The normalized spacial score (nSPS) is 9.80. The minimum absolute atomic E-state index is 0.350. The van der Waals surface area contributed by atoms with Crippen LogP contribution in [0.1, 0.15) is 11.4 Å². The summed E-state index contributed by atoms with van der Waals surface area (Å²) in [6.45, 7) is 3.36. The van der Waals surface area contributed by atoms with Gasteiger partial charge in [0.05, 0.1) is 16.7 Å². The molecule has 1 rings (SSSR count). The van der Waals surface area contributed by atoms with Gasteiger partial charge in [0.2, 0.25) is 0 Å². The van der Waals surface area contributed by atoms with E-state index in [-0.39, 0.29) is 0 Å². The highest BCUT2D eigenvalue weighted by Crippen LogP contribution is 1.87. The summed E-state index contributed by atoms with van der Waals surface area (Å²) in [5.74, 6) is 0. The fraction of sp³-hybridized carbons (Fsp3) is 0.333. The van der Waals surface area contributed by atoms with E-state index >= 15 is 0 Å². The molecular formula is C6H9N3O. The number of aromatic nitrogens is 2. The first-order valence-electron chi connectivity index (χ1n) is 2.92. The number of aryl methyl sites for hydroxylation is 2. The van der Waals surface area contributed by atoms with Gasteiger partial charge >= 0.3 is 0 Å². The number of rotatable bonds is 0. The van der Waals surface area contributed by atoms with Crippen molar-refractivity contribution in [2.75, 3.05) is 0 Å². The van der Waals surface area contributed by atoms with Gasteiger partial charge in [-0.3, -0.25) is 5.41 Å². The van der Waals surface area contributed by atoms with Crippen LogP contribution in [0.15, 0.2) is 6.07 Å². The monoisotopic (exact) mass is 139 g/mol. The standard InChI is InChI=1S/C6H9N3O/c1-4-3-6(7)5(2)8-9(4)10/h3,7,10H,1-2H3. The van der Waals surface area contributed by atoms with E-state index in [0.29, 0.717) is 16.7 Å². The molecule has 4 heteroatoms. The van der Waals surface area contributed by atoms with Crippen molar-refractivity contribution in [3.63, 3.8) is 0 Å². The minimum Gasteiger partial charge on any atom is -0.411 e. The van der Waals surface area contributed by atoms with Crippen LogP contribution >= 0.6 is 0 Å². The van der Waals surface area contributed by atoms with E-state index in [1.807, 2.05) is 0 Å². The van der Waals surface area contributed by atoms with E-state index < -0.39 is 0 Å². The van der Waals surface area contributed by atoms with Crippen LogP contribution in [0.25, 0.3) is 0 Å². The smallest absolute Gasteiger partial charge is 0.0862 e. The molecular weight excluding hydrogens is 130 g/mol. The first-order valence-corrected chi connectivity index (χ1v) is 2.92. The van der Waals surface area contributed by atoms with Gasteiger partial charge in [0.15, 0.2) is 0 Å². The van der Waals surface area contributed by atoms with E-state index in [9.17, 15) is 0 Å². The summed E-state index contributed by atoms with van der Waals surface area (Å²) in [6.07, 6.45) is 0. The predicted octanol–water partition coefficient (Wildman–Crippen LogP) is 0.217. The summed E-state index contributed by atoms with van der Waals surface area (Å²) in [6, 6.07) is 1.56. The molecule has 0 unspecified atom stereocenters. The molecule has 0 fully saturated rings. The zero-order valence-corrected chi connectivity index (χ0v) is 5.92. The Bertz CT molecular complexity index is 302. The third-order valence-electron chi connectivity index (χ3n) is 1.30. The second kappa shape index (κ2) is 2.13. The van der Waals surface area contributed by atoms with Crippen molar-refractivity contribution in [2.45, 2.75) is 13.8 Å². The molecule has 0 bridgehead atoms. The number of hydrogen-bond donors (Lipinski definition) is 2. The SMILES string of the molecule is Cc1nn(O)c(C)cc1=N. The lowest BCUT2D eigenvalue weighted by molar-refractivity contribution is 0.135. The molecule has 0 aliphatic heterocycles. The fourth-order valence-electron chi connectivity index (χ4n) is 0.646. The summed E-state index contributed by atoms with van der Waals surface area (Å²) >= 11 is 0. The average Bonchev–Trinajstić information content (AvgIpc) is 1.84. The van der Waals surface area contributed by atoms with Gasteiger partial charge < -0.3 is 5.21 Å². The van der Waals surface area contributed by atoms with E-state index in [4.69, 9.17) is 10.6 Å². The van der Waals surface area contributed by atoms with Crippen molar-refractivity contribution < 1.29 is 5.21 Å². The predicted molar refractivity (Wildman–Crippen MR) is 34.7 cm³/mol. The van der Waals surface area contributed by atoms with Gasteiger partial charge in [-0.15, -0.1) is 9.94 Å². The van der Waals surface area contributed by atoms with Crippen LogP contribution in [-0.4, -0.2) is 15.2 Å². The lowest BCUT2D eigenvalue weighted by Gasteiger charge is -2.00. The summed E-state index contributed by atoms with van der Waals surface area (Å²) < 4.78 is 0. The molecule has 1 aromatic rings. The highest BCUT2D eigenvalue weighted by atomic mass is 16.5. The van der Waals surface area contributed by atoms with Crippen molar-refractivity contribution in [3.05, 3.63) is 22.8 Å². The molecule has 0 atom stereocenters. The number of hydrogen-bond acceptors (Lipinski definition) is 3. The molecule has 0 radical (unpaired) electrons. The molecule has 1 aromatic heterocycles. The molecule has 0 aromatic carbocycles. The van der Waals surface area contributed by atoms with Crippen LogP contribution in [0.4, 0.5) is 0 Å².